The number of hydrogen-bond donors (Lipinski definition) is 1. The van der Waals surface area contributed by atoms with E-state index in [0.29, 0.717) is 25.2 Å². The molecule has 29 heavy (non-hydrogen) atoms. The number of benzene rings is 2. The van der Waals surface area contributed by atoms with Crippen molar-refractivity contribution >= 4 is 11.8 Å². The van der Waals surface area contributed by atoms with Gasteiger partial charge in [-0.15, -0.1) is 0 Å². The number of piperazine rings is 1. The van der Waals surface area contributed by atoms with Crippen LogP contribution >= 0.6 is 0 Å². The molecule has 0 bridgehead atoms. The van der Waals surface area contributed by atoms with Crippen molar-refractivity contribution in [3.63, 3.8) is 0 Å². The standard InChI is InChI=1S/C23H28FN3O2/c1-16-6-4-8-19(10-16)14-27-17(2)23(29)26(3)15-21(27)13-25-22(28)12-18-7-5-9-20(24)11-18/h4-11,17,21H,12-15H2,1-3H3,(H,25,28)/t17-,21+/m0/s1. The highest BCUT2D eigenvalue weighted by molar-refractivity contribution is 5.82. The Hall–Kier alpha value is -2.73. The number of rotatable bonds is 6. The third-order valence-corrected chi connectivity index (χ3v) is 5.42. The molecule has 2 amide bonds. The van der Waals surface area contributed by atoms with E-state index in [4.69, 9.17) is 0 Å². The van der Waals surface area contributed by atoms with E-state index in [9.17, 15) is 14.0 Å². The highest BCUT2D eigenvalue weighted by atomic mass is 19.1. The molecule has 2 aromatic rings. The highest BCUT2D eigenvalue weighted by Gasteiger charge is 2.36. The van der Waals surface area contributed by atoms with E-state index in [-0.39, 0.29) is 36.1 Å². The van der Waals surface area contributed by atoms with Gasteiger partial charge in [-0.3, -0.25) is 14.5 Å². The Morgan fingerprint density at radius 3 is 2.62 bits per heavy atom. The molecular formula is C23H28FN3O2. The van der Waals surface area contributed by atoms with Gasteiger partial charge in [0.2, 0.25) is 11.8 Å². The van der Waals surface area contributed by atoms with Gasteiger partial charge in [-0.05, 0) is 37.1 Å². The van der Waals surface area contributed by atoms with Gasteiger partial charge >= 0.3 is 0 Å². The molecule has 0 aliphatic carbocycles. The molecule has 1 N–H and O–H groups in total. The van der Waals surface area contributed by atoms with Gasteiger partial charge in [0.1, 0.15) is 5.82 Å². The van der Waals surface area contributed by atoms with E-state index < -0.39 is 0 Å². The van der Waals surface area contributed by atoms with Crippen LogP contribution in [0.4, 0.5) is 4.39 Å². The maximum atomic E-state index is 13.3. The SMILES string of the molecule is Cc1cccc(CN2[C@H](CNC(=O)Cc3cccc(F)c3)CN(C)C(=O)[C@@H]2C)c1. The van der Waals surface area contributed by atoms with Gasteiger partial charge in [0.25, 0.3) is 0 Å². The van der Waals surface area contributed by atoms with Gasteiger partial charge in [0, 0.05) is 32.7 Å². The number of hydrogen-bond acceptors (Lipinski definition) is 3. The Kier molecular flexibility index (Phi) is 6.64. The van der Waals surface area contributed by atoms with Crippen LogP contribution in [0.15, 0.2) is 48.5 Å². The van der Waals surface area contributed by atoms with E-state index in [1.165, 1.54) is 17.7 Å². The number of carbonyl (C=O) groups excluding carboxylic acids is 2. The monoisotopic (exact) mass is 397 g/mol. The maximum absolute atomic E-state index is 13.3. The summed E-state index contributed by atoms with van der Waals surface area (Å²) in [6, 6.07) is 14.1. The third-order valence-electron chi connectivity index (χ3n) is 5.42. The zero-order valence-electron chi connectivity index (χ0n) is 17.2. The first-order chi connectivity index (χ1) is 13.8. The average Bonchev–Trinajstić information content (AvgIpc) is 2.67. The highest BCUT2D eigenvalue weighted by Crippen LogP contribution is 2.20. The zero-order valence-corrected chi connectivity index (χ0v) is 17.2. The molecule has 0 radical (unpaired) electrons. The summed E-state index contributed by atoms with van der Waals surface area (Å²) in [7, 11) is 1.80. The second kappa shape index (κ2) is 9.18. The van der Waals surface area contributed by atoms with Gasteiger partial charge in [-0.1, -0.05) is 42.0 Å². The van der Waals surface area contributed by atoms with Crippen molar-refractivity contribution < 1.29 is 14.0 Å². The van der Waals surface area contributed by atoms with Crippen LogP contribution in [0.3, 0.4) is 0 Å². The molecule has 1 saturated heterocycles. The number of nitrogens with zero attached hydrogens (tertiary/aromatic N) is 2. The molecule has 6 heteroatoms. The van der Waals surface area contributed by atoms with Crippen LogP contribution in [0.1, 0.15) is 23.6 Å². The van der Waals surface area contributed by atoms with E-state index in [1.54, 1.807) is 24.1 Å². The average molecular weight is 397 g/mol. The van der Waals surface area contributed by atoms with Crippen LogP contribution in [0.2, 0.25) is 0 Å². The molecule has 0 saturated carbocycles. The Labute approximate surface area is 171 Å². The number of halogens is 1. The van der Waals surface area contributed by atoms with Crippen molar-refractivity contribution in [1.82, 2.24) is 15.1 Å². The fourth-order valence-electron chi connectivity index (χ4n) is 3.88. The first-order valence-corrected chi connectivity index (χ1v) is 9.91. The Morgan fingerprint density at radius 2 is 1.90 bits per heavy atom. The summed E-state index contributed by atoms with van der Waals surface area (Å²) < 4.78 is 13.3. The predicted molar refractivity (Wildman–Crippen MR) is 111 cm³/mol. The third kappa shape index (κ3) is 5.41. The molecule has 1 aliphatic rings. The molecular weight excluding hydrogens is 369 g/mol. The van der Waals surface area contributed by atoms with Crippen molar-refractivity contribution in [2.24, 2.45) is 0 Å². The molecule has 1 fully saturated rings. The van der Waals surface area contributed by atoms with Gasteiger partial charge in [0.05, 0.1) is 12.5 Å². The summed E-state index contributed by atoms with van der Waals surface area (Å²) >= 11 is 0. The Morgan fingerprint density at radius 1 is 1.17 bits per heavy atom. The van der Waals surface area contributed by atoms with E-state index in [0.717, 1.165) is 5.56 Å². The normalized spacial score (nSPS) is 20.0. The molecule has 3 rings (SSSR count). The van der Waals surface area contributed by atoms with Crippen LogP contribution in [0, 0.1) is 12.7 Å². The van der Waals surface area contributed by atoms with Gasteiger partial charge in [-0.25, -0.2) is 4.39 Å². The Balaban J connectivity index is 1.67. The largest absolute Gasteiger partial charge is 0.354 e. The van der Waals surface area contributed by atoms with Crippen LogP contribution in [0.25, 0.3) is 0 Å². The lowest BCUT2D eigenvalue weighted by Gasteiger charge is -2.44. The minimum absolute atomic E-state index is 0.00433. The van der Waals surface area contributed by atoms with Crippen molar-refractivity contribution in [3.05, 3.63) is 71.0 Å². The number of amides is 2. The Bertz CT molecular complexity index is 886. The molecule has 1 aliphatic heterocycles. The first-order valence-electron chi connectivity index (χ1n) is 9.91. The molecule has 0 unspecified atom stereocenters. The topological polar surface area (TPSA) is 52.7 Å². The minimum atomic E-state index is -0.346. The van der Waals surface area contributed by atoms with Gasteiger partial charge < -0.3 is 10.2 Å². The van der Waals surface area contributed by atoms with Crippen LogP contribution in [-0.2, 0) is 22.6 Å². The lowest BCUT2D eigenvalue weighted by atomic mass is 10.0. The molecule has 154 valence electrons. The number of nitrogens with one attached hydrogen (secondary N) is 1. The maximum Gasteiger partial charge on any atom is 0.239 e. The van der Waals surface area contributed by atoms with Crippen molar-refractivity contribution in [3.8, 4) is 0 Å². The van der Waals surface area contributed by atoms with Gasteiger partial charge in [-0.2, -0.15) is 0 Å². The molecule has 2 aromatic carbocycles. The number of aryl methyl sites for hydroxylation is 1. The molecule has 2 atom stereocenters. The van der Waals surface area contributed by atoms with Crippen LogP contribution in [0.5, 0.6) is 0 Å². The summed E-state index contributed by atoms with van der Waals surface area (Å²) in [6.45, 7) is 5.59. The van der Waals surface area contributed by atoms with E-state index in [2.05, 4.69) is 22.3 Å². The molecule has 0 aromatic heterocycles. The smallest absolute Gasteiger partial charge is 0.239 e. The second-order valence-corrected chi connectivity index (χ2v) is 7.82. The summed E-state index contributed by atoms with van der Waals surface area (Å²) in [5.41, 5.74) is 2.96. The summed E-state index contributed by atoms with van der Waals surface area (Å²) in [6.07, 6.45) is 0.132. The van der Waals surface area contributed by atoms with E-state index in [1.807, 2.05) is 26.0 Å². The quantitative estimate of drug-likeness (QED) is 0.815. The van der Waals surface area contributed by atoms with Crippen LogP contribution in [-0.4, -0.2) is 53.8 Å². The predicted octanol–water partition coefficient (Wildman–Crippen LogP) is 2.52. The van der Waals surface area contributed by atoms with Crippen LogP contribution < -0.4 is 5.32 Å². The molecule has 1 heterocycles. The van der Waals surface area contributed by atoms with Crippen molar-refractivity contribution in [2.75, 3.05) is 20.1 Å². The summed E-state index contributed by atoms with van der Waals surface area (Å²) in [5.74, 6) is -0.417. The van der Waals surface area contributed by atoms with Crippen molar-refractivity contribution in [2.45, 2.75) is 38.9 Å². The fourth-order valence-corrected chi connectivity index (χ4v) is 3.88. The van der Waals surface area contributed by atoms with E-state index >= 15 is 0 Å². The number of carbonyl (C=O) groups is 2. The van der Waals surface area contributed by atoms with Crippen molar-refractivity contribution in [1.29, 1.82) is 0 Å². The summed E-state index contributed by atoms with van der Waals surface area (Å²) in [5, 5.41) is 2.96. The molecule has 0 spiro atoms. The summed E-state index contributed by atoms with van der Waals surface area (Å²) in [4.78, 5) is 28.8. The lowest BCUT2D eigenvalue weighted by molar-refractivity contribution is -0.142. The number of likely N-dealkylation sites (N-methyl/N-ethyl adjacent to an activating group) is 1. The lowest BCUT2D eigenvalue weighted by Crippen LogP contribution is -2.62. The fraction of sp³-hybridized carbons (Fsp3) is 0.391. The molecule has 5 nitrogen and oxygen atoms in total. The minimum Gasteiger partial charge on any atom is -0.354 e. The second-order valence-electron chi connectivity index (χ2n) is 7.82. The van der Waals surface area contributed by atoms with Gasteiger partial charge in [0.15, 0.2) is 0 Å². The zero-order chi connectivity index (χ0) is 21.0. The first kappa shape index (κ1) is 21.0.